The highest BCUT2D eigenvalue weighted by molar-refractivity contribution is 7.11. The van der Waals surface area contributed by atoms with Crippen molar-refractivity contribution in [1.82, 2.24) is 4.37 Å². The first-order valence-electron chi connectivity index (χ1n) is 3.34. The van der Waals surface area contributed by atoms with Gasteiger partial charge in [0.25, 0.3) is 0 Å². The summed E-state index contributed by atoms with van der Waals surface area (Å²) in [6, 6.07) is 0. The van der Waals surface area contributed by atoms with Crippen LogP contribution in [0.2, 0.25) is 4.34 Å². The van der Waals surface area contributed by atoms with E-state index in [1.165, 1.54) is 11.5 Å². The minimum atomic E-state index is -0.00623. The maximum atomic E-state index is 5.77. The number of hydrogen-bond donors (Lipinski definition) is 1. The highest BCUT2D eigenvalue weighted by Crippen LogP contribution is 2.34. The fourth-order valence-corrected chi connectivity index (χ4v) is 1.75. The fourth-order valence-electron chi connectivity index (χ4n) is 0.818. The third-order valence-electron chi connectivity index (χ3n) is 1.39. The Hall–Kier alpha value is -0.280. The summed E-state index contributed by atoms with van der Waals surface area (Å²) in [5.74, 6) is 0. The quantitative estimate of drug-likeness (QED) is 0.683. The second kappa shape index (κ2) is 2.64. The number of hydrogen-bond acceptors (Lipinski definition) is 3. The minimum Gasteiger partial charge on any atom is -0.395 e. The van der Waals surface area contributed by atoms with Gasteiger partial charge in [-0.2, -0.15) is 4.37 Å². The number of rotatable bonds is 0. The topological polar surface area (TPSA) is 38.9 Å². The molecular weight excluding hydrogens is 180 g/mol. The SMILES string of the molecule is CC(C)(C)c1nsc(Cl)c1N. The van der Waals surface area contributed by atoms with Gasteiger partial charge in [-0.3, -0.25) is 0 Å². The van der Waals surface area contributed by atoms with E-state index in [-0.39, 0.29) is 5.41 Å². The zero-order chi connectivity index (χ0) is 8.65. The molecule has 0 aliphatic rings. The van der Waals surface area contributed by atoms with Crippen LogP contribution in [0, 0.1) is 0 Å². The molecule has 1 rings (SSSR count). The molecule has 0 aliphatic heterocycles. The maximum absolute atomic E-state index is 5.77. The van der Waals surface area contributed by atoms with Gasteiger partial charge in [0.05, 0.1) is 11.4 Å². The zero-order valence-electron chi connectivity index (χ0n) is 6.81. The highest BCUT2D eigenvalue weighted by Gasteiger charge is 2.21. The predicted molar refractivity (Wildman–Crippen MR) is 50.2 cm³/mol. The standard InChI is InChI=1S/C7H11ClN2S/c1-7(2,3)5-4(9)6(8)11-10-5/h9H2,1-3H3. The number of halogens is 1. The molecule has 0 amide bonds. The predicted octanol–water partition coefficient (Wildman–Crippen LogP) is 2.68. The summed E-state index contributed by atoms with van der Waals surface area (Å²) < 4.78 is 4.76. The Morgan fingerprint density at radius 3 is 2.18 bits per heavy atom. The van der Waals surface area contributed by atoms with Crippen molar-refractivity contribution in [2.24, 2.45) is 0 Å². The summed E-state index contributed by atoms with van der Waals surface area (Å²) in [5.41, 5.74) is 7.22. The Balaban J connectivity index is 3.15. The van der Waals surface area contributed by atoms with E-state index in [4.69, 9.17) is 17.3 Å². The van der Waals surface area contributed by atoms with Crippen LogP contribution in [-0.2, 0) is 5.41 Å². The first-order chi connectivity index (χ1) is 4.93. The molecule has 0 spiro atoms. The van der Waals surface area contributed by atoms with Crippen molar-refractivity contribution in [1.29, 1.82) is 0 Å². The van der Waals surface area contributed by atoms with Crippen LogP contribution >= 0.6 is 23.1 Å². The molecule has 1 aromatic heterocycles. The van der Waals surface area contributed by atoms with Crippen molar-refractivity contribution in [3.05, 3.63) is 10.0 Å². The Morgan fingerprint density at radius 2 is 2.00 bits per heavy atom. The molecule has 0 saturated carbocycles. The van der Waals surface area contributed by atoms with Crippen LogP contribution in [0.5, 0.6) is 0 Å². The van der Waals surface area contributed by atoms with Crippen LogP contribution in [-0.4, -0.2) is 4.37 Å². The zero-order valence-corrected chi connectivity index (χ0v) is 8.38. The minimum absolute atomic E-state index is 0.00623. The van der Waals surface area contributed by atoms with Gasteiger partial charge in [0, 0.05) is 5.41 Å². The van der Waals surface area contributed by atoms with E-state index in [9.17, 15) is 0 Å². The van der Waals surface area contributed by atoms with Gasteiger partial charge in [0.2, 0.25) is 0 Å². The number of aromatic nitrogens is 1. The van der Waals surface area contributed by atoms with Gasteiger partial charge >= 0.3 is 0 Å². The summed E-state index contributed by atoms with van der Waals surface area (Å²) in [6.07, 6.45) is 0. The Kier molecular flexibility index (Phi) is 2.12. The molecule has 0 aliphatic carbocycles. The van der Waals surface area contributed by atoms with Crippen LogP contribution in [0.4, 0.5) is 5.69 Å². The lowest BCUT2D eigenvalue weighted by molar-refractivity contribution is 0.578. The third-order valence-corrected chi connectivity index (χ3v) is 2.46. The Bertz CT molecular complexity index is 262. The van der Waals surface area contributed by atoms with Gasteiger partial charge in [0.15, 0.2) is 0 Å². The Morgan fingerprint density at radius 1 is 1.45 bits per heavy atom. The molecule has 2 nitrogen and oxygen atoms in total. The van der Waals surface area contributed by atoms with E-state index in [1.54, 1.807) is 0 Å². The molecule has 0 aromatic carbocycles. The first kappa shape index (κ1) is 8.81. The smallest absolute Gasteiger partial charge is 0.137 e. The van der Waals surface area contributed by atoms with Gasteiger partial charge in [0.1, 0.15) is 4.34 Å². The molecule has 0 fully saturated rings. The van der Waals surface area contributed by atoms with Crippen molar-refractivity contribution >= 4 is 28.8 Å². The van der Waals surface area contributed by atoms with Crippen molar-refractivity contribution in [3.8, 4) is 0 Å². The van der Waals surface area contributed by atoms with Crippen LogP contribution < -0.4 is 5.73 Å². The molecule has 0 unspecified atom stereocenters. The van der Waals surface area contributed by atoms with E-state index in [2.05, 4.69) is 25.1 Å². The largest absolute Gasteiger partial charge is 0.395 e. The van der Waals surface area contributed by atoms with E-state index < -0.39 is 0 Å². The Labute approximate surface area is 75.5 Å². The van der Waals surface area contributed by atoms with Crippen LogP contribution in [0.15, 0.2) is 0 Å². The maximum Gasteiger partial charge on any atom is 0.137 e. The van der Waals surface area contributed by atoms with Crippen molar-refractivity contribution in [2.45, 2.75) is 26.2 Å². The van der Waals surface area contributed by atoms with Gasteiger partial charge in [-0.1, -0.05) is 32.4 Å². The van der Waals surface area contributed by atoms with Gasteiger partial charge < -0.3 is 5.73 Å². The normalized spacial score (nSPS) is 12.0. The lowest BCUT2D eigenvalue weighted by atomic mass is 9.91. The lowest BCUT2D eigenvalue weighted by Crippen LogP contribution is -2.13. The van der Waals surface area contributed by atoms with Gasteiger partial charge in [-0.25, -0.2) is 0 Å². The van der Waals surface area contributed by atoms with Crippen LogP contribution in [0.1, 0.15) is 26.5 Å². The van der Waals surface area contributed by atoms with E-state index in [1.807, 2.05) is 0 Å². The number of nitrogens with two attached hydrogens (primary N) is 1. The van der Waals surface area contributed by atoms with Gasteiger partial charge in [-0.15, -0.1) is 0 Å². The fraction of sp³-hybridized carbons (Fsp3) is 0.571. The molecule has 0 atom stereocenters. The summed E-state index contributed by atoms with van der Waals surface area (Å²) in [6.45, 7) is 6.19. The number of nitrogen functional groups attached to an aromatic ring is 1. The molecule has 0 saturated heterocycles. The van der Waals surface area contributed by atoms with Crippen LogP contribution in [0.25, 0.3) is 0 Å². The average molecular weight is 191 g/mol. The van der Waals surface area contributed by atoms with Crippen molar-refractivity contribution in [2.75, 3.05) is 5.73 Å². The molecule has 11 heavy (non-hydrogen) atoms. The summed E-state index contributed by atoms with van der Waals surface area (Å²) in [5, 5.41) is 0. The molecule has 0 radical (unpaired) electrons. The van der Waals surface area contributed by atoms with E-state index in [0.717, 1.165) is 5.69 Å². The lowest BCUT2D eigenvalue weighted by Gasteiger charge is -2.15. The monoisotopic (exact) mass is 190 g/mol. The first-order valence-corrected chi connectivity index (χ1v) is 4.49. The number of nitrogens with zero attached hydrogens (tertiary/aromatic N) is 1. The molecular formula is C7H11ClN2S. The third kappa shape index (κ3) is 1.65. The molecule has 1 heterocycles. The van der Waals surface area contributed by atoms with E-state index in [0.29, 0.717) is 10.0 Å². The van der Waals surface area contributed by atoms with Crippen molar-refractivity contribution < 1.29 is 0 Å². The molecule has 4 heteroatoms. The average Bonchev–Trinajstić information content (AvgIpc) is 2.11. The summed E-state index contributed by atoms with van der Waals surface area (Å²) in [4.78, 5) is 0. The highest BCUT2D eigenvalue weighted by atomic mass is 35.5. The van der Waals surface area contributed by atoms with E-state index >= 15 is 0 Å². The van der Waals surface area contributed by atoms with Crippen molar-refractivity contribution in [3.63, 3.8) is 0 Å². The van der Waals surface area contributed by atoms with Gasteiger partial charge in [-0.05, 0) is 11.5 Å². The molecule has 0 bridgehead atoms. The molecule has 2 N–H and O–H groups in total. The molecule has 62 valence electrons. The second-order valence-corrected chi connectivity index (χ2v) is 4.84. The van der Waals surface area contributed by atoms with Crippen LogP contribution in [0.3, 0.4) is 0 Å². The number of anilines is 1. The second-order valence-electron chi connectivity index (χ2n) is 3.47. The summed E-state index contributed by atoms with van der Waals surface area (Å²) in [7, 11) is 0. The summed E-state index contributed by atoms with van der Waals surface area (Å²) >= 11 is 7.01. The molecule has 1 aromatic rings.